The summed E-state index contributed by atoms with van der Waals surface area (Å²) in [4.78, 5) is 10.0. The van der Waals surface area contributed by atoms with Crippen molar-refractivity contribution in [1.82, 2.24) is 0 Å². The van der Waals surface area contributed by atoms with Crippen molar-refractivity contribution in [3.8, 4) is 0 Å². The molecule has 7 heteroatoms. The number of hydrogen-bond donors (Lipinski definition) is 0. The van der Waals surface area contributed by atoms with Crippen LogP contribution in [-0.4, -0.2) is 25.5 Å². The maximum atomic E-state index is 5.35. The number of benzene rings is 1. The highest BCUT2D eigenvalue weighted by molar-refractivity contribution is 7.72. The summed E-state index contributed by atoms with van der Waals surface area (Å²) in [7, 11) is -1.52. The van der Waals surface area contributed by atoms with Crippen molar-refractivity contribution >= 4 is 22.3 Å². The summed E-state index contributed by atoms with van der Waals surface area (Å²) in [5, 5.41) is 0. The molecule has 92 valence electrons. The monoisotopic (exact) mass is 273 g/mol. The molecule has 0 aliphatic carbocycles. The van der Waals surface area contributed by atoms with E-state index in [1.54, 1.807) is 0 Å². The summed E-state index contributed by atoms with van der Waals surface area (Å²) in [5.41, 5.74) is 1.11. The molecule has 0 saturated carbocycles. The van der Waals surface area contributed by atoms with Crippen LogP contribution < -0.4 is 4.44 Å². The van der Waals surface area contributed by atoms with Crippen molar-refractivity contribution in [2.45, 2.75) is 0 Å². The Kier molecular flexibility index (Phi) is 3.87. The number of hydrogen-bond acceptors (Lipinski definition) is 5. The van der Waals surface area contributed by atoms with E-state index in [1.165, 1.54) is 0 Å². The fourth-order valence-electron chi connectivity index (χ4n) is 1.68. The van der Waals surface area contributed by atoms with E-state index in [2.05, 4.69) is 16.6 Å². The van der Waals surface area contributed by atoms with Gasteiger partial charge < -0.3 is 0 Å². The molecule has 2 fully saturated rings. The lowest BCUT2D eigenvalue weighted by molar-refractivity contribution is -0.177. The molecular formula is C10H13NO4P2. The van der Waals surface area contributed by atoms with Crippen molar-refractivity contribution in [3.63, 3.8) is 0 Å². The maximum absolute atomic E-state index is 5.35. The first kappa shape index (κ1) is 11.8. The zero-order chi connectivity index (χ0) is 11.5. The van der Waals surface area contributed by atoms with Crippen molar-refractivity contribution in [3.05, 3.63) is 30.3 Å². The molecule has 1 aromatic carbocycles. The van der Waals surface area contributed by atoms with Gasteiger partial charge in [-0.25, -0.2) is 9.78 Å². The lowest BCUT2D eigenvalue weighted by atomic mass is 10.3. The zero-order valence-corrected chi connectivity index (χ0v) is 11.0. The second-order valence-electron chi connectivity index (χ2n) is 3.57. The third kappa shape index (κ3) is 2.60. The van der Waals surface area contributed by atoms with Gasteiger partial charge in [0, 0.05) is 18.0 Å². The average Bonchev–Trinajstić information content (AvgIpc) is 3.04. The highest BCUT2D eigenvalue weighted by Crippen LogP contribution is 2.62. The van der Waals surface area contributed by atoms with E-state index in [1.807, 2.05) is 18.2 Å². The molecule has 2 unspecified atom stereocenters. The first-order valence-electron chi connectivity index (χ1n) is 5.44. The van der Waals surface area contributed by atoms with Crippen LogP contribution in [0, 0.1) is 0 Å². The van der Waals surface area contributed by atoms with Crippen LogP contribution in [0.2, 0.25) is 0 Å². The number of anilines is 1. The Balaban J connectivity index is 1.84. The van der Waals surface area contributed by atoms with Gasteiger partial charge in [-0.15, -0.1) is 0 Å². The summed E-state index contributed by atoms with van der Waals surface area (Å²) in [5.74, 6) is 0. The molecule has 0 aromatic heterocycles. The van der Waals surface area contributed by atoms with Crippen LogP contribution in [-0.2, 0) is 19.1 Å². The lowest BCUT2D eigenvalue weighted by Gasteiger charge is -2.30. The van der Waals surface area contributed by atoms with Gasteiger partial charge in [-0.2, -0.15) is 9.35 Å². The third-order valence-corrected chi connectivity index (χ3v) is 6.61. The maximum Gasteiger partial charge on any atom is 0.180 e. The Bertz CT molecular complexity index is 339. The summed E-state index contributed by atoms with van der Waals surface area (Å²) < 4.78 is 12.9. The molecule has 1 aromatic rings. The molecule has 2 aliphatic heterocycles. The van der Waals surface area contributed by atoms with Gasteiger partial charge >= 0.3 is 0 Å². The molecule has 0 amide bonds. The zero-order valence-electron chi connectivity index (χ0n) is 9.19. The highest BCUT2D eigenvalue weighted by atomic mass is 31.2. The summed E-state index contributed by atoms with van der Waals surface area (Å²) >= 11 is 0. The van der Waals surface area contributed by atoms with Crippen LogP contribution in [0.15, 0.2) is 30.3 Å². The highest BCUT2D eigenvalue weighted by Gasteiger charge is 2.36. The minimum atomic E-state index is -0.761. The van der Waals surface area contributed by atoms with Gasteiger partial charge in [0.1, 0.15) is 0 Å². The van der Waals surface area contributed by atoms with Crippen LogP contribution in [0.4, 0.5) is 5.69 Å². The van der Waals surface area contributed by atoms with Gasteiger partial charge in [-0.05, 0) is 12.1 Å². The smallest absolute Gasteiger partial charge is 0.180 e. The standard InChI is InChI=1S/C10H13NO4P2/c1-2-4-10(5-3-1)11(16-8-6-12-14-16)17-9-7-13-15-17/h1-5H,6-9H2. The summed E-state index contributed by atoms with van der Waals surface area (Å²) in [6.45, 7) is 1.30. The normalized spacial score (nSPS) is 28.5. The van der Waals surface area contributed by atoms with Crippen molar-refractivity contribution < 1.29 is 19.1 Å². The predicted octanol–water partition coefficient (Wildman–Crippen LogP) is 3.04. The van der Waals surface area contributed by atoms with E-state index in [0.29, 0.717) is 13.2 Å². The first-order valence-corrected chi connectivity index (χ1v) is 8.24. The molecule has 5 nitrogen and oxygen atoms in total. The molecule has 0 radical (unpaired) electrons. The van der Waals surface area contributed by atoms with Crippen LogP contribution in [0.5, 0.6) is 0 Å². The van der Waals surface area contributed by atoms with Gasteiger partial charge in [0.15, 0.2) is 16.6 Å². The van der Waals surface area contributed by atoms with Gasteiger partial charge in [0.25, 0.3) is 0 Å². The second-order valence-corrected chi connectivity index (χ2v) is 7.29. The SMILES string of the molecule is c1ccc(N(P2CCOO2)P2CCOO2)cc1. The number of rotatable bonds is 3. The van der Waals surface area contributed by atoms with Gasteiger partial charge in [0.2, 0.25) is 0 Å². The van der Waals surface area contributed by atoms with Gasteiger partial charge in [0.05, 0.1) is 13.2 Å². The topological polar surface area (TPSA) is 40.2 Å². The number of nitrogens with zero attached hydrogens (tertiary/aromatic N) is 1. The van der Waals surface area contributed by atoms with Crippen molar-refractivity contribution in [1.29, 1.82) is 0 Å². The largest absolute Gasteiger partial charge is 0.279 e. The molecule has 0 N–H and O–H groups in total. The molecule has 2 saturated heterocycles. The minimum Gasteiger partial charge on any atom is -0.279 e. The molecule has 17 heavy (non-hydrogen) atoms. The van der Waals surface area contributed by atoms with E-state index in [4.69, 9.17) is 19.1 Å². The predicted molar refractivity (Wildman–Crippen MR) is 66.6 cm³/mol. The Hall–Kier alpha value is -0.280. The van der Waals surface area contributed by atoms with Crippen LogP contribution in [0.1, 0.15) is 0 Å². The number of para-hydroxylation sites is 1. The first-order chi connectivity index (χ1) is 8.45. The molecule has 3 rings (SSSR count). The Morgan fingerprint density at radius 1 is 0.882 bits per heavy atom. The Morgan fingerprint density at radius 2 is 1.47 bits per heavy atom. The summed E-state index contributed by atoms with van der Waals surface area (Å²) in [6, 6.07) is 10.2. The fourth-order valence-corrected chi connectivity index (χ4v) is 5.58. The quantitative estimate of drug-likeness (QED) is 0.625. The molecular weight excluding hydrogens is 260 g/mol. The molecule has 2 aliphatic rings. The van der Waals surface area contributed by atoms with Crippen molar-refractivity contribution in [2.75, 3.05) is 30.0 Å². The van der Waals surface area contributed by atoms with Crippen molar-refractivity contribution in [2.24, 2.45) is 0 Å². The van der Waals surface area contributed by atoms with Gasteiger partial charge in [-0.3, -0.25) is 4.44 Å². The second kappa shape index (κ2) is 5.57. The molecule has 0 bridgehead atoms. The molecule has 2 atom stereocenters. The fraction of sp³-hybridized carbons (Fsp3) is 0.400. The molecule has 0 spiro atoms. The van der Waals surface area contributed by atoms with E-state index in [-0.39, 0.29) is 0 Å². The van der Waals surface area contributed by atoms with Crippen LogP contribution >= 0.6 is 16.6 Å². The van der Waals surface area contributed by atoms with E-state index in [0.717, 1.165) is 18.0 Å². The Morgan fingerprint density at radius 3 is 1.94 bits per heavy atom. The van der Waals surface area contributed by atoms with Crippen LogP contribution in [0.25, 0.3) is 0 Å². The van der Waals surface area contributed by atoms with E-state index < -0.39 is 16.6 Å². The molecule has 2 heterocycles. The van der Waals surface area contributed by atoms with Gasteiger partial charge in [-0.1, -0.05) is 18.2 Å². The lowest BCUT2D eigenvalue weighted by Crippen LogP contribution is -2.12. The third-order valence-electron chi connectivity index (χ3n) is 2.42. The van der Waals surface area contributed by atoms with E-state index in [9.17, 15) is 0 Å². The average molecular weight is 273 g/mol. The summed E-state index contributed by atoms with van der Waals surface area (Å²) in [6.07, 6.45) is 1.82. The van der Waals surface area contributed by atoms with Crippen LogP contribution in [0.3, 0.4) is 0 Å². The van der Waals surface area contributed by atoms with E-state index >= 15 is 0 Å². The minimum absolute atomic E-state index is 0.652. The Labute approximate surface area is 102 Å².